The highest BCUT2D eigenvalue weighted by Gasteiger charge is 2.42. The smallest absolute Gasteiger partial charge is 0.267 e. The number of thiocarbonyl (C=S) groups is 1. The summed E-state index contributed by atoms with van der Waals surface area (Å²) < 4.78 is 15.9. The molecule has 0 bridgehead atoms. The van der Waals surface area contributed by atoms with E-state index in [0.717, 1.165) is 11.8 Å². The van der Waals surface area contributed by atoms with Crippen molar-refractivity contribution < 1.29 is 28.6 Å². The van der Waals surface area contributed by atoms with E-state index in [9.17, 15) is 14.4 Å². The van der Waals surface area contributed by atoms with Crippen LogP contribution < -0.4 is 19.7 Å². The van der Waals surface area contributed by atoms with Gasteiger partial charge in [0.2, 0.25) is 5.91 Å². The average molecular weight is 514 g/mol. The van der Waals surface area contributed by atoms with Crippen molar-refractivity contribution in [3.05, 3.63) is 52.9 Å². The number of hydrogen-bond acceptors (Lipinski definition) is 8. The molecule has 2 aliphatic heterocycles. The normalized spacial score (nSPS) is 17.2. The maximum atomic E-state index is 13.5. The first kappa shape index (κ1) is 24.7. The Morgan fingerprint density at radius 1 is 1.03 bits per heavy atom. The number of rotatable bonds is 8. The van der Waals surface area contributed by atoms with Gasteiger partial charge in [0.15, 0.2) is 0 Å². The minimum absolute atomic E-state index is 0.243. The van der Waals surface area contributed by atoms with Crippen LogP contribution in [-0.4, -0.2) is 68.0 Å². The summed E-state index contributed by atoms with van der Waals surface area (Å²) in [4.78, 5) is 42.6. The number of fused-ring (bicyclic) bond motifs is 1. The number of benzene rings is 2. The van der Waals surface area contributed by atoms with Gasteiger partial charge in [-0.05, 0) is 18.2 Å². The fourth-order valence-corrected chi connectivity index (χ4v) is 5.20. The van der Waals surface area contributed by atoms with Crippen molar-refractivity contribution in [3.8, 4) is 11.5 Å². The predicted molar refractivity (Wildman–Crippen MR) is 138 cm³/mol. The van der Waals surface area contributed by atoms with E-state index in [-0.39, 0.29) is 22.9 Å². The van der Waals surface area contributed by atoms with Crippen LogP contribution in [0.3, 0.4) is 0 Å². The fourth-order valence-electron chi connectivity index (χ4n) is 3.82. The van der Waals surface area contributed by atoms with E-state index in [1.807, 2.05) is 0 Å². The molecule has 4 rings (SSSR count). The Bertz CT molecular complexity index is 1250. The molecule has 0 radical (unpaired) electrons. The number of carbonyl (C=O) groups excluding carboxylic acids is 3. The van der Waals surface area contributed by atoms with Gasteiger partial charge >= 0.3 is 0 Å². The molecule has 3 amide bonds. The molecule has 2 aliphatic rings. The lowest BCUT2D eigenvalue weighted by Crippen LogP contribution is -2.36. The molecule has 0 aromatic heterocycles. The van der Waals surface area contributed by atoms with Gasteiger partial charge in [0.1, 0.15) is 22.4 Å². The van der Waals surface area contributed by atoms with Gasteiger partial charge in [-0.15, -0.1) is 0 Å². The van der Waals surface area contributed by atoms with E-state index in [2.05, 4.69) is 5.32 Å². The minimum Gasteiger partial charge on any atom is -0.497 e. The molecule has 0 aliphatic carbocycles. The van der Waals surface area contributed by atoms with Gasteiger partial charge < -0.3 is 19.5 Å². The molecular weight excluding hydrogens is 490 g/mol. The Morgan fingerprint density at radius 2 is 1.80 bits per heavy atom. The van der Waals surface area contributed by atoms with Crippen LogP contribution in [0, 0.1) is 0 Å². The van der Waals surface area contributed by atoms with E-state index in [1.165, 1.54) is 31.1 Å². The summed E-state index contributed by atoms with van der Waals surface area (Å²) in [5, 5.41) is 2.78. The van der Waals surface area contributed by atoms with Crippen molar-refractivity contribution in [2.75, 3.05) is 51.2 Å². The van der Waals surface area contributed by atoms with Gasteiger partial charge in [-0.1, -0.05) is 42.2 Å². The second-order valence-corrected chi connectivity index (χ2v) is 9.19. The highest BCUT2D eigenvalue weighted by molar-refractivity contribution is 8.26. The Kier molecular flexibility index (Phi) is 7.39. The molecule has 2 aromatic carbocycles. The molecule has 1 N–H and O–H groups in total. The summed E-state index contributed by atoms with van der Waals surface area (Å²) >= 11 is 6.45. The van der Waals surface area contributed by atoms with Crippen LogP contribution in [0.5, 0.6) is 11.5 Å². The monoisotopic (exact) mass is 513 g/mol. The zero-order valence-electron chi connectivity index (χ0n) is 19.3. The lowest BCUT2D eigenvalue weighted by atomic mass is 10.1. The number of methoxy groups -OCH3 is 3. The van der Waals surface area contributed by atoms with Crippen molar-refractivity contribution >= 4 is 63.0 Å². The van der Waals surface area contributed by atoms with Gasteiger partial charge in [-0.2, -0.15) is 0 Å². The molecule has 35 heavy (non-hydrogen) atoms. The Morgan fingerprint density at radius 3 is 2.51 bits per heavy atom. The third-order valence-corrected chi connectivity index (χ3v) is 6.95. The lowest BCUT2D eigenvalue weighted by molar-refractivity contribution is -0.122. The van der Waals surface area contributed by atoms with Gasteiger partial charge in [0, 0.05) is 18.7 Å². The van der Waals surface area contributed by atoms with Crippen LogP contribution in [-0.2, 0) is 19.1 Å². The summed E-state index contributed by atoms with van der Waals surface area (Å²) in [6, 6.07) is 12.1. The number of anilines is 2. The van der Waals surface area contributed by atoms with Crippen LogP contribution in [0.25, 0.3) is 5.57 Å². The van der Waals surface area contributed by atoms with Crippen LogP contribution >= 0.6 is 24.0 Å². The molecule has 0 unspecified atom stereocenters. The predicted octanol–water partition coefficient (Wildman–Crippen LogP) is 2.91. The number of ether oxygens (including phenoxy) is 3. The molecular formula is C24H23N3O6S2. The maximum Gasteiger partial charge on any atom is 0.267 e. The van der Waals surface area contributed by atoms with Crippen molar-refractivity contribution in [1.82, 2.24) is 4.90 Å². The van der Waals surface area contributed by atoms with Crippen LogP contribution in [0.1, 0.15) is 5.56 Å². The zero-order valence-corrected chi connectivity index (χ0v) is 21.0. The number of para-hydroxylation sites is 1. The largest absolute Gasteiger partial charge is 0.497 e. The van der Waals surface area contributed by atoms with E-state index in [0.29, 0.717) is 45.9 Å². The molecule has 2 heterocycles. The van der Waals surface area contributed by atoms with Gasteiger partial charge in [0.05, 0.1) is 49.2 Å². The maximum absolute atomic E-state index is 13.5. The second-order valence-electron chi connectivity index (χ2n) is 7.54. The molecule has 0 atom stereocenters. The molecule has 11 heteroatoms. The van der Waals surface area contributed by atoms with Crippen molar-refractivity contribution in [3.63, 3.8) is 0 Å². The van der Waals surface area contributed by atoms with Crippen LogP contribution in [0.2, 0.25) is 0 Å². The first-order valence-corrected chi connectivity index (χ1v) is 11.8. The number of hydrogen-bond donors (Lipinski definition) is 1. The van der Waals surface area contributed by atoms with E-state index < -0.39 is 11.8 Å². The second kappa shape index (κ2) is 10.5. The number of thioether (sulfide) groups is 1. The van der Waals surface area contributed by atoms with Crippen molar-refractivity contribution in [2.45, 2.75) is 0 Å². The third kappa shape index (κ3) is 4.75. The summed E-state index contributed by atoms with van der Waals surface area (Å²) in [6.07, 6.45) is 0. The van der Waals surface area contributed by atoms with E-state index >= 15 is 0 Å². The highest BCUT2D eigenvalue weighted by atomic mass is 32.2. The minimum atomic E-state index is -0.435. The lowest BCUT2D eigenvalue weighted by Gasteiger charge is -2.18. The summed E-state index contributed by atoms with van der Waals surface area (Å²) in [7, 11) is 4.56. The Labute approximate surface area is 212 Å². The Hall–Kier alpha value is -3.41. The molecule has 0 spiro atoms. The van der Waals surface area contributed by atoms with Crippen molar-refractivity contribution in [2.24, 2.45) is 0 Å². The van der Waals surface area contributed by atoms with Gasteiger partial charge in [-0.3, -0.25) is 24.2 Å². The van der Waals surface area contributed by atoms with Gasteiger partial charge in [-0.25, -0.2) is 0 Å². The fraction of sp³-hybridized carbons (Fsp3) is 0.250. The number of nitrogens with zero attached hydrogens (tertiary/aromatic N) is 2. The molecule has 1 saturated heterocycles. The summed E-state index contributed by atoms with van der Waals surface area (Å²) in [5.74, 6) is -0.201. The van der Waals surface area contributed by atoms with Crippen molar-refractivity contribution in [1.29, 1.82) is 0 Å². The van der Waals surface area contributed by atoms with E-state index in [1.54, 1.807) is 42.5 Å². The summed E-state index contributed by atoms with van der Waals surface area (Å²) in [6.45, 7) is 0.364. The highest BCUT2D eigenvalue weighted by Crippen LogP contribution is 2.44. The molecule has 182 valence electrons. The average Bonchev–Trinajstić information content (AvgIpc) is 3.29. The molecule has 1 fully saturated rings. The zero-order chi connectivity index (χ0) is 25.1. The topological polar surface area (TPSA) is 97.4 Å². The Balaban J connectivity index is 1.61. The molecule has 9 nitrogen and oxygen atoms in total. The number of carbonyl (C=O) groups is 3. The quantitative estimate of drug-likeness (QED) is 0.425. The standard InChI is InChI=1S/C24H23N3O6S2/c1-31-11-10-26-23(30)21(35-24(26)34)20-15-6-4-5-7-17(15)27(22(20)29)13-19(28)25-16-9-8-14(32-2)12-18(16)33-3/h4-9,12H,10-11,13H2,1-3H3,(H,25,28). The SMILES string of the molecule is COCCN1C(=O)C(=C2C(=O)N(CC(=O)Nc3ccc(OC)cc3OC)c3ccccc32)SC1=S. The van der Waals surface area contributed by atoms with Crippen LogP contribution in [0.15, 0.2) is 47.4 Å². The van der Waals surface area contributed by atoms with Crippen LogP contribution in [0.4, 0.5) is 11.4 Å². The first-order valence-electron chi connectivity index (χ1n) is 10.6. The number of nitrogens with one attached hydrogen (secondary N) is 1. The van der Waals surface area contributed by atoms with E-state index in [4.69, 9.17) is 26.4 Å². The third-order valence-electron chi connectivity index (χ3n) is 5.50. The molecule has 2 aromatic rings. The number of amides is 3. The first-order chi connectivity index (χ1) is 16.9. The molecule has 0 saturated carbocycles. The van der Waals surface area contributed by atoms with Gasteiger partial charge in [0.25, 0.3) is 11.8 Å². The summed E-state index contributed by atoms with van der Waals surface area (Å²) in [5.41, 5.74) is 1.82.